The molecule has 0 aliphatic rings. The van der Waals surface area contributed by atoms with Gasteiger partial charge in [0.25, 0.3) is 0 Å². The minimum absolute atomic E-state index is 0.689. The molecule has 0 aliphatic carbocycles. The Bertz CT molecular complexity index is 766. The van der Waals surface area contributed by atoms with E-state index in [1.165, 1.54) is 5.56 Å². The van der Waals surface area contributed by atoms with Gasteiger partial charge in [0.2, 0.25) is 0 Å². The van der Waals surface area contributed by atoms with Crippen LogP contribution in [0.5, 0.6) is 0 Å². The molecular formula is C19H21NO. The SMILES string of the molecule is CCC(C)(O)c1cn(-c2ccc(C)cc2)c2ccccc12. The predicted octanol–water partition coefficient (Wildman–Crippen LogP) is 4.56. The highest BCUT2D eigenvalue weighted by Crippen LogP contribution is 2.34. The van der Waals surface area contributed by atoms with Gasteiger partial charge in [-0.2, -0.15) is 0 Å². The van der Waals surface area contributed by atoms with Crippen LogP contribution in [0.4, 0.5) is 0 Å². The summed E-state index contributed by atoms with van der Waals surface area (Å²) in [5.41, 5.74) is 3.67. The summed E-state index contributed by atoms with van der Waals surface area (Å²) in [6.45, 7) is 5.98. The average Bonchev–Trinajstić information content (AvgIpc) is 2.88. The van der Waals surface area contributed by atoms with Crippen molar-refractivity contribution in [2.24, 2.45) is 0 Å². The van der Waals surface area contributed by atoms with Crippen LogP contribution >= 0.6 is 0 Å². The maximum atomic E-state index is 10.7. The molecule has 1 unspecified atom stereocenters. The van der Waals surface area contributed by atoms with Crippen molar-refractivity contribution in [1.29, 1.82) is 0 Å². The first-order chi connectivity index (χ1) is 10.0. The van der Waals surface area contributed by atoms with Gasteiger partial charge in [-0.05, 0) is 38.5 Å². The molecule has 3 aromatic rings. The van der Waals surface area contributed by atoms with Gasteiger partial charge >= 0.3 is 0 Å². The van der Waals surface area contributed by atoms with Gasteiger partial charge in [-0.3, -0.25) is 0 Å². The fraction of sp³-hybridized carbons (Fsp3) is 0.263. The van der Waals surface area contributed by atoms with E-state index in [1.54, 1.807) is 0 Å². The second kappa shape index (κ2) is 5.05. The van der Waals surface area contributed by atoms with Crippen molar-refractivity contribution in [2.45, 2.75) is 32.8 Å². The monoisotopic (exact) mass is 279 g/mol. The first kappa shape index (κ1) is 13.9. The number of aryl methyl sites for hydroxylation is 1. The standard InChI is InChI=1S/C19H21NO/c1-4-19(3,21)17-13-20(15-11-9-14(2)10-12-15)18-8-6-5-7-16(17)18/h5-13,21H,4H2,1-3H3. The molecule has 1 heterocycles. The number of aliphatic hydroxyl groups is 1. The van der Waals surface area contributed by atoms with Gasteiger partial charge in [-0.25, -0.2) is 0 Å². The minimum atomic E-state index is -0.810. The number of rotatable bonds is 3. The number of hydrogen-bond donors (Lipinski definition) is 1. The van der Waals surface area contributed by atoms with Crippen LogP contribution in [0.15, 0.2) is 54.7 Å². The maximum absolute atomic E-state index is 10.7. The summed E-state index contributed by atoms with van der Waals surface area (Å²) in [5, 5.41) is 11.8. The fourth-order valence-corrected chi connectivity index (χ4v) is 2.72. The zero-order chi connectivity index (χ0) is 15.0. The molecule has 3 rings (SSSR count). The van der Waals surface area contributed by atoms with Crippen LogP contribution in [-0.4, -0.2) is 9.67 Å². The number of para-hydroxylation sites is 1. The number of aromatic nitrogens is 1. The van der Waals surface area contributed by atoms with Gasteiger partial charge in [0.05, 0.1) is 11.1 Å². The van der Waals surface area contributed by atoms with Crippen LogP contribution in [0.2, 0.25) is 0 Å². The molecule has 0 saturated heterocycles. The van der Waals surface area contributed by atoms with E-state index in [0.29, 0.717) is 6.42 Å². The lowest BCUT2D eigenvalue weighted by atomic mass is 9.93. The van der Waals surface area contributed by atoms with E-state index in [2.05, 4.69) is 54.1 Å². The molecule has 2 heteroatoms. The van der Waals surface area contributed by atoms with Crippen molar-refractivity contribution in [3.63, 3.8) is 0 Å². The summed E-state index contributed by atoms with van der Waals surface area (Å²) >= 11 is 0. The number of fused-ring (bicyclic) bond motifs is 1. The fourth-order valence-electron chi connectivity index (χ4n) is 2.72. The van der Waals surface area contributed by atoms with E-state index in [4.69, 9.17) is 0 Å². The van der Waals surface area contributed by atoms with Crippen molar-refractivity contribution in [3.8, 4) is 5.69 Å². The number of nitrogens with zero attached hydrogens (tertiary/aromatic N) is 1. The topological polar surface area (TPSA) is 25.2 Å². The highest BCUT2D eigenvalue weighted by atomic mass is 16.3. The Balaban J connectivity index is 2.27. The Morgan fingerprint density at radius 3 is 2.38 bits per heavy atom. The first-order valence-corrected chi connectivity index (χ1v) is 7.43. The van der Waals surface area contributed by atoms with Crippen molar-refractivity contribution in [1.82, 2.24) is 4.57 Å². The molecule has 0 spiro atoms. The van der Waals surface area contributed by atoms with Gasteiger partial charge in [-0.15, -0.1) is 0 Å². The second-order valence-corrected chi connectivity index (χ2v) is 5.89. The molecule has 0 fully saturated rings. The summed E-state index contributed by atoms with van der Waals surface area (Å²) in [6, 6.07) is 16.7. The summed E-state index contributed by atoms with van der Waals surface area (Å²) in [6.07, 6.45) is 2.76. The molecule has 108 valence electrons. The molecule has 0 bridgehead atoms. The van der Waals surface area contributed by atoms with E-state index in [1.807, 2.05) is 26.0 Å². The number of benzene rings is 2. The van der Waals surface area contributed by atoms with Crippen molar-refractivity contribution in [3.05, 3.63) is 65.9 Å². The second-order valence-electron chi connectivity index (χ2n) is 5.89. The van der Waals surface area contributed by atoms with Crippen LogP contribution in [0.1, 0.15) is 31.4 Å². The molecule has 0 saturated carbocycles. The molecule has 0 aliphatic heterocycles. The van der Waals surface area contributed by atoms with E-state index in [0.717, 1.165) is 22.2 Å². The molecule has 21 heavy (non-hydrogen) atoms. The van der Waals surface area contributed by atoms with Gasteiger partial charge < -0.3 is 9.67 Å². The average molecular weight is 279 g/mol. The smallest absolute Gasteiger partial charge is 0.0886 e. The van der Waals surface area contributed by atoms with E-state index in [9.17, 15) is 5.11 Å². The molecule has 2 nitrogen and oxygen atoms in total. The maximum Gasteiger partial charge on any atom is 0.0886 e. The Labute approximate surface area is 125 Å². The zero-order valence-corrected chi connectivity index (χ0v) is 12.8. The Morgan fingerprint density at radius 1 is 1.05 bits per heavy atom. The first-order valence-electron chi connectivity index (χ1n) is 7.43. The molecule has 0 amide bonds. The van der Waals surface area contributed by atoms with Crippen LogP contribution in [0, 0.1) is 6.92 Å². The highest BCUT2D eigenvalue weighted by Gasteiger charge is 2.25. The van der Waals surface area contributed by atoms with Gasteiger partial charge in [0, 0.05) is 22.8 Å². The summed E-state index contributed by atoms with van der Waals surface area (Å²) < 4.78 is 2.16. The highest BCUT2D eigenvalue weighted by molar-refractivity contribution is 5.86. The third-order valence-corrected chi connectivity index (χ3v) is 4.29. The van der Waals surface area contributed by atoms with Crippen molar-refractivity contribution >= 4 is 10.9 Å². The van der Waals surface area contributed by atoms with Crippen molar-refractivity contribution < 1.29 is 5.11 Å². The minimum Gasteiger partial charge on any atom is -0.385 e. The largest absolute Gasteiger partial charge is 0.385 e. The Kier molecular flexibility index (Phi) is 3.34. The molecule has 2 aromatic carbocycles. The number of hydrogen-bond acceptors (Lipinski definition) is 1. The molecule has 0 radical (unpaired) electrons. The van der Waals surface area contributed by atoms with Crippen LogP contribution in [0.3, 0.4) is 0 Å². The lowest BCUT2D eigenvalue weighted by molar-refractivity contribution is 0.0545. The quantitative estimate of drug-likeness (QED) is 0.747. The molecule has 1 aromatic heterocycles. The van der Waals surface area contributed by atoms with Crippen LogP contribution in [-0.2, 0) is 5.60 Å². The van der Waals surface area contributed by atoms with Gasteiger partial charge in [0.1, 0.15) is 0 Å². The molecule has 1 atom stereocenters. The summed E-state index contributed by atoms with van der Waals surface area (Å²) in [7, 11) is 0. The third kappa shape index (κ3) is 2.36. The summed E-state index contributed by atoms with van der Waals surface area (Å²) in [5.74, 6) is 0. The summed E-state index contributed by atoms with van der Waals surface area (Å²) in [4.78, 5) is 0. The van der Waals surface area contributed by atoms with E-state index in [-0.39, 0.29) is 0 Å². The van der Waals surface area contributed by atoms with E-state index >= 15 is 0 Å². The van der Waals surface area contributed by atoms with Gasteiger partial charge in [0.15, 0.2) is 0 Å². The van der Waals surface area contributed by atoms with E-state index < -0.39 is 5.60 Å². The lowest BCUT2D eigenvalue weighted by Gasteiger charge is -2.20. The van der Waals surface area contributed by atoms with Crippen LogP contribution < -0.4 is 0 Å². The molecule has 1 N–H and O–H groups in total. The zero-order valence-electron chi connectivity index (χ0n) is 12.8. The van der Waals surface area contributed by atoms with Crippen LogP contribution in [0.25, 0.3) is 16.6 Å². The lowest BCUT2D eigenvalue weighted by Crippen LogP contribution is -2.19. The molecular weight excluding hydrogens is 258 g/mol. The third-order valence-electron chi connectivity index (χ3n) is 4.29. The predicted molar refractivity (Wildman–Crippen MR) is 87.9 cm³/mol. The normalized spacial score (nSPS) is 14.3. The Morgan fingerprint density at radius 2 is 1.71 bits per heavy atom. The Hall–Kier alpha value is -2.06. The van der Waals surface area contributed by atoms with Crippen molar-refractivity contribution in [2.75, 3.05) is 0 Å². The van der Waals surface area contributed by atoms with Gasteiger partial charge in [-0.1, -0.05) is 42.8 Å².